The molecule has 0 N–H and O–H groups in total. The van der Waals surface area contributed by atoms with E-state index in [4.69, 9.17) is 4.74 Å². The molecule has 0 unspecified atom stereocenters. The predicted molar refractivity (Wildman–Crippen MR) is 115 cm³/mol. The molecule has 0 aromatic heterocycles. The third-order valence-corrected chi connectivity index (χ3v) is 8.48. The van der Waals surface area contributed by atoms with Crippen molar-refractivity contribution in [3.8, 4) is 0 Å². The number of piperidine rings is 1. The first-order valence-electron chi connectivity index (χ1n) is 10.6. The molecule has 0 bridgehead atoms. The molecule has 0 saturated carbocycles. The Bertz CT molecular complexity index is 914. The summed E-state index contributed by atoms with van der Waals surface area (Å²) in [5.41, 5.74) is 1.13. The van der Waals surface area contributed by atoms with Crippen LogP contribution in [0.15, 0.2) is 65.6 Å². The second kappa shape index (κ2) is 8.21. The first-order chi connectivity index (χ1) is 13.9. The third-order valence-electron chi connectivity index (χ3n) is 6.62. The van der Waals surface area contributed by atoms with Gasteiger partial charge in [0.2, 0.25) is 10.0 Å². The lowest BCUT2D eigenvalue weighted by atomic mass is 9.67. The van der Waals surface area contributed by atoms with Crippen molar-refractivity contribution in [3.05, 3.63) is 66.2 Å². The molecule has 3 atom stereocenters. The molecule has 2 fully saturated rings. The van der Waals surface area contributed by atoms with E-state index in [2.05, 4.69) is 38.1 Å². The third kappa shape index (κ3) is 4.14. The molecule has 2 aliphatic rings. The maximum atomic E-state index is 13.2. The highest BCUT2D eigenvalue weighted by molar-refractivity contribution is 7.89. The summed E-state index contributed by atoms with van der Waals surface area (Å²) < 4.78 is 34.6. The predicted octanol–water partition coefficient (Wildman–Crippen LogP) is 4.89. The fourth-order valence-corrected chi connectivity index (χ4v) is 6.63. The number of ether oxygens (including phenoxy) is 1. The first-order valence-corrected chi connectivity index (χ1v) is 12.1. The number of benzene rings is 2. The lowest BCUT2D eigenvalue weighted by Gasteiger charge is -2.50. The standard InChI is InChI=1S/C24H31NO3S/c1-19(2)22-16-24(18-28-23(22)20-10-5-3-6-11-20)14-9-15-25(17-24)29(26,27)21-12-7-4-8-13-21/h3-8,10-13,19,22-23H,9,14-18H2,1-2H3/t22-,23-,24+/m0/s1. The van der Waals surface area contributed by atoms with Crippen LogP contribution in [0.4, 0.5) is 0 Å². The van der Waals surface area contributed by atoms with E-state index in [1.807, 2.05) is 12.1 Å². The maximum absolute atomic E-state index is 13.2. The molecule has 1 spiro atoms. The van der Waals surface area contributed by atoms with Crippen molar-refractivity contribution in [2.24, 2.45) is 17.3 Å². The average molecular weight is 414 g/mol. The monoisotopic (exact) mass is 413 g/mol. The number of sulfonamides is 1. The normalized spacial score (nSPS) is 28.7. The van der Waals surface area contributed by atoms with Crippen LogP contribution in [0.2, 0.25) is 0 Å². The molecule has 4 rings (SSSR count). The molecule has 0 radical (unpaired) electrons. The Hall–Kier alpha value is -1.69. The lowest BCUT2D eigenvalue weighted by molar-refractivity contribution is -0.127. The van der Waals surface area contributed by atoms with Crippen molar-refractivity contribution >= 4 is 10.0 Å². The molecule has 2 aliphatic heterocycles. The number of rotatable bonds is 4. The van der Waals surface area contributed by atoms with Crippen LogP contribution in [-0.2, 0) is 14.8 Å². The summed E-state index contributed by atoms with van der Waals surface area (Å²) in [6.45, 7) is 6.27. The van der Waals surface area contributed by atoms with E-state index in [-0.39, 0.29) is 11.5 Å². The highest BCUT2D eigenvalue weighted by Gasteiger charge is 2.47. The minimum absolute atomic E-state index is 0.0860. The van der Waals surface area contributed by atoms with Gasteiger partial charge in [0, 0.05) is 18.5 Å². The van der Waals surface area contributed by atoms with Crippen molar-refractivity contribution < 1.29 is 13.2 Å². The van der Waals surface area contributed by atoms with Gasteiger partial charge in [0.05, 0.1) is 17.6 Å². The van der Waals surface area contributed by atoms with Gasteiger partial charge in [-0.25, -0.2) is 8.42 Å². The highest BCUT2D eigenvalue weighted by Crippen LogP contribution is 2.49. The molecule has 5 heteroatoms. The Labute approximate surface area is 174 Å². The Balaban J connectivity index is 1.57. The second-order valence-electron chi connectivity index (χ2n) is 9.01. The maximum Gasteiger partial charge on any atom is 0.243 e. The van der Waals surface area contributed by atoms with Gasteiger partial charge in [0.1, 0.15) is 0 Å². The topological polar surface area (TPSA) is 46.6 Å². The second-order valence-corrected chi connectivity index (χ2v) is 10.9. The fraction of sp³-hybridized carbons (Fsp3) is 0.500. The van der Waals surface area contributed by atoms with E-state index in [0.717, 1.165) is 19.3 Å². The van der Waals surface area contributed by atoms with Crippen molar-refractivity contribution in [2.45, 2.75) is 44.1 Å². The van der Waals surface area contributed by atoms with Crippen molar-refractivity contribution in [1.29, 1.82) is 0 Å². The van der Waals surface area contributed by atoms with E-state index >= 15 is 0 Å². The molecule has 2 aromatic carbocycles. The molecule has 2 saturated heterocycles. The van der Waals surface area contributed by atoms with E-state index in [0.29, 0.717) is 36.4 Å². The van der Waals surface area contributed by atoms with E-state index in [9.17, 15) is 8.42 Å². The summed E-state index contributed by atoms with van der Waals surface area (Å²) in [7, 11) is -3.46. The van der Waals surface area contributed by atoms with Crippen LogP contribution in [0.3, 0.4) is 0 Å². The summed E-state index contributed by atoms with van der Waals surface area (Å²) in [4.78, 5) is 0.386. The molecule has 2 aromatic rings. The van der Waals surface area contributed by atoms with Crippen molar-refractivity contribution in [3.63, 3.8) is 0 Å². The minimum atomic E-state index is -3.46. The lowest BCUT2D eigenvalue weighted by Crippen LogP contribution is -2.52. The number of hydrogen-bond acceptors (Lipinski definition) is 3. The van der Waals surface area contributed by atoms with Crippen LogP contribution < -0.4 is 0 Å². The number of nitrogens with zero attached hydrogens (tertiary/aromatic N) is 1. The molecular weight excluding hydrogens is 382 g/mol. The minimum Gasteiger partial charge on any atom is -0.373 e. The van der Waals surface area contributed by atoms with Crippen LogP contribution in [0.1, 0.15) is 44.8 Å². The van der Waals surface area contributed by atoms with Gasteiger partial charge in [-0.1, -0.05) is 62.4 Å². The van der Waals surface area contributed by atoms with Gasteiger partial charge in [-0.2, -0.15) is 4.31 Å². The summed E-state index contributed by atoms with van der Waals surface area (Å²) in [6, 6.07) is 19.3. The summed E-state index contributed by atoms with van der Waals surface area (Å²) in [5, 5.41) is 0. The van der Waals surface area contributed by atoms with Gasteiger partial charge in [0.25, 0.3) is 0 Å². The summed E-state index contributed by atoms with van der Waals surface area (Å²) >= 11 is 0. The van der Waals surface area contributed by atoms with Gasteiger partial charge in [-0.05, 0) is 48.8 Å². The van der Waals surface area contributed by atoms with Gasteiger partial charge < -0.3 is 4.74 Å². The molecule has 0 amide bonds. The van der Waals surface area contributed by atoms with Crippen molar-refractivity contribution in [1.82, 2.24) is 4.31 Å². The van der Waals surface area contributed by atoms with Gasteiger partial charge >= 0.3 is 0 Å². The van der Waals surface area contributed by atoms with Crippen molar-refractivity contribution in [2.75, 3.05) is 19.7 Å². The van der Waals surface area contributed by atoms with Crippen LogP contribution in [0.5, 0.6) is 0 Å². The van der Waals surface area contributed by atoms with Crippen LogP contribution in [0.25, 0.3) is 0 Å². The largest absolute Gasteiger partial charge is 0.373 e. The molecule has 156 valence electrons. The van der Waals surface area contributed by atoms with Crippen LogP contribution in [0, 0.1) is 17.3 Å². The number of hydrogen-bond donors (Lipinski definition) is 0. The van der Waals surface area contributed by atoms with E-state index in [1.54, 1.807) is 28.6 Å². The fourth-order valence-electron chi connectivity index (χ4n) is 5.02. The molecule has 4 nitrogen and oxygen atoms in total. The smallest absolute Gasteiger partial charge is 0.243 e. The zero-order valence-electron chi connectivity index (χ0n) is 17.3. The summed E-state index contributed by atoms with van der Waals surface area (Å²) in [5.74, 6) is 0.851. The quantitative estimate of drug-likeness (QED) is 0.717. The van der Waals surface area contributed by atoms with Crippen LogP contribution >= 0.6 is 0 Å². The summed E-state index contributed by atoms with van der Waals surface area (Å²) in [6.07, 6.45) is 3.00. The molecule has 2 heterocycles. The Morgan fingerprint density at radius 1 is 1.03 bits per heavy atom. The van der Waals surface area contributed by atoms with Gasteiger partial charge in [-0.3, -0.25) is 0 Å². The van der Waals surface area contributed by atoms with E-state index in [1.165, 1.54) is 5.56 Å². The van der Waals surface area contributed by atoms with Crippen LogP contribution in [-0.4, -0.2) is 32.4 Å². The van der Waals surface area contributed by atoms with Gasteiger partial charge in [0.15, 0.2) is 0 Å². The SMILES string of the molecule is CC(C)[C@@H]1C[C@@]2(CCCN(S(=O)(=O)c3ccccc3)C2)CO[C@H]1c1ccccc1. The zero-order valence-corrected chi connectivity index (χ0v) is 18.1. The highest BCUT2D eigenvalue weighted by atomic mass is 32.2. The first kappa shape index (κ1) is 20.6. The molecule has 0 aliphatic carbocycles. The van der Waals surface area contributed by atoms with E-state index < -0.39 is 10.0 Å². The molecule has 29 heavy (non-hydrogen) atoms. The van der Waals surface area contributed by atoms with Gasteiger partial charge in [-0.15, -0.1) is 0 Å². The molecular formula is C24H31NO3S. The average Bonchev–Trinajstić information content (AvgIpc) is 2.75. The Kier molecular flexibility index (Phi) is 5.83. The zero-order chi connectivity index (χ0) is 20.5. The Morgan fingerprint density at radius 3 is 2.34 bits per heavy atom. The Morgan fingerprint density at radius 2 is 1.69 bits per heavy atom.